The van der Waals surface area contributed by atoms with Crippen LogP contribution in [-0.2, 0) is 11.2 Å². The van der Waals surface area contributed by atoms with Crippen LogP contribution in [-0.4, -0.2) is 69.6 Å². The molecule has 6 heteroatoms. The van der Waals surface area contributed by atoms with E-state index >= 15 is 0 Å². The molecular formula is C31H40N4O2. The van der Waals surface area contributed by atoms with Crippen LogP contribution in [0.4, 0.5) is 0 Å². The fraction of sp³-hybridized carbons (Fsp3) is 0.484. The SMILES string of the molecule is CC(C)[C@H](C(=O)O)N1C[C@H](CN2CCC(c3cnc(Cc4ccccc4)[nH]3)CC2)[C@@H](c2ccccc2)C1. The molecule has 0 amide bonds. The van der Waals surface area contributed by atoms with E-state index in [9.17, 15) is 9.90 Å². The van der Waals surface area contributed by atoms with Crippen molar-refractivity contribution in [3.63, 3.8) is 0 Å². The molecule has 3 atom stereocenters. The van der Waals surface area contributed by atoms with E-state index < -0.39 is 12.0 Å². The van der Waals surface area contributed by atoms with Gasteiger partial charge in [-0.2, -0.15) is 0 Å². The summed E-state index contributed by atoms with van der Waals surface area (Å²) in [7, 11) is 0. The minimum Gasteiger partial charge on any atom is -0.480 e. The summed E-state index contributed by atoms with van der Waals surface area (Å²) in [6.07, 6.45) is 5.13. The van der Waals surface area contributed by atoms with Gasteiger partial charge in [0.1, 0.15) is 11.9 Å². The highest BCUT2D eigenvalue weighted by molar-refractivity contribution is 5.73. The highest BCUT2D eigenvalue weighted by Gasteiger charge is 2.41. The zero-order valence-corrected chi connectivity index (χ0v) is 22.1. The Morgan fingerprint density at radius 1 is 1.03 bits per heavy atom. The Hall–Kier alpha value is -2.96. The van der Waals surface area contributed by atoms with Crippen LogP contribution < -0.4 is 0 Å². The fourth-order valence-corrected chi connectivity index (χ4v) is 6.48. The van der Waals surface area contributed by atoms with Crippen molar-refractivity contribution in [2.45, 2.75) is 51.0 Å². The van der Waals surface area contributed by atoms with Gasteiger partial charge in [0.2, 0.25) is 0 Å². The number of nitrogens with one attached hydrogen (secondary N) is 1. The Labute approximate surface area is 220 Å². The first-order valence-corrected chi connectivity index (χ1v) is 13.8. The summed E-state index contributed by atoms with van der Waals surface area (Å²) in [4.78, 5) is 25.2. The number of aromatic amines is 1. The van der Waals surface area contributed by atoms with E-state index in [-0.39, 0.29) is 5.92 Å². The van der Waals surface area contributed by atoms with E-state index in [0.717, 1.165) is 57.8 Å². The van der Waals surface area contributed by atoms with E-state index in [1.807, 2.05) is 26.1 Å². The lowest BCUT2D eigenvalue weighted by Crippen LogP contribution is -2.44. The van der Waals surface area contributed by atoms with E-state index in [0.29, 0.717) is 17.8 Å². The monoisotopic (exact) mass is 500 g/mol. The zero-order chi connectivity index (χ0) is 25.8. The van der Waals surface area contributed by atoms with Gasteiger partial charge in [0.15, 0.2) is 0 Å². The highest BCUT2D eigenvalue weighted by Crippen LogP contribution is 2.37. The van der Waals surface area contributed by atoms with Crippen molar-refractivity contribution in [2.24, 2.45) is 11.8 Å². The second kappa shape index (κ2) is 11.6. The first-order valence-electron chi connectivity index (χ1n) is 13.8. The Balaban J connectivity index is 1.21. The van der Waals surface area contributed by atoms with Crippen molar-refractivity contribution in [3.8, 4) is 0 Å². The van der Waals surface area contributed by atoms with Gasteiger partial charge in [0.25, 0.3) is 0 Å². The molecule has 3 heterocycles. The molecule has 2 saturated heterocycles. The summed E-state index contributed by atoms with van der Waals surface area (Å²) in [5.74, 6) is 1.75. The van der Waals surface area contributed by atoms with E-state index in [4.69, 9.17) is 0 Å². The lowest BCUT2D eigenvalue weighted by molar-refractivity contribution is -0.144. The van der Waals surface area contributed by atoms with Crippen molar-refractivity contribution in [2.75, 3.05) is 32.7 Å². The Kier molecular flexibility index (Phi) is 8.06. The van der Waals surface area contributed by atoms with Crippen LogP contribution in [0.25, 0.3) is 0 Å². The number of nitrogens with zero attached hydrogens (tertiary/aromatic N) is 3. The Bertz CT molecular complexity index is 1140. The molecule has 0 aliphatic carbocycles. The van der Waals surface area contributed by atoms with Crippen molar-refractivity contribution >= 4 is 5.97 Å². The maximum Gasteiger partial charge on any atom is 0.321 e. The number of aliphatic carboxylic acids is 1. The second-order valence-electron chi connectivity index (χ2n) is 11.3. The number of hydrogen-bond acceptors (Lipinski definition) is 4. The third kappa shape index (κ3) is 6.13. The number of benzene rings is 2. The van der Waals surface area contributed by atoms with Gasteiger partial charge in [0, 0.05) is 49.8 Å². The Morgan fingerprint density at radius 2 is 1.70 bits per heavy atom. The van der Waals surface area contributed by atoms with Crippen molar-refractivity contribution < 1.29 is 9.90 Å². The molecule has 2 aromatic carbocycles. The number of imidazole rings is 1. The lowest BCUT2D eigenvalue weighted by Gasteiger charge is -2.34. The molecule has 3 aromatic rings. The Morgan fingerprint density at radius 3 is 2.35 bits per heavy atom. The van der Waals surface area contributed by atoms with Gasteiger partial charge >= 0.3 is 5.97 Å². The third-order valence-corrected chi connectivity index (χ3v) is 8.36. The molecule has 6 nitrogen and oxygen atoms in total. The number of carboxylic acid groups (broad SMARTS) is 1. The predicted molar refractivity (Wildman–Crippen MR) is 147 cm³/mol. The van der Waals surface area contributed by atoms with Gasteiger partial charge in [-0.05, 0) is 48.9 Å². The summed E-state index contributed by atoms with van der Waals surface area (Å²) in [5, 5.41) is 9.93. The summed E-state index contributed by atoms with van der Waals surface area (Å²) in [6, 6.07) is 20.8. The average molecular weight is 501 g/mol. The largest absolute Gasteiger partial charge is 0.480 e. The minimum absolute atomic E-state index is 0.0876. The first kappa shape index (κ1) is 25.7. The molecule has 2 aliphatic heterocycles. The standard InChI is InChI=1S/C31H40N4O2/c1-22(2)30(31(36)37)35-20-26(27(21-35)24-11-7-4-8-12-24)19-34-15-13-25(14-16-34)28-18-32-29(33-28)17-23-9-5-3-6-10-23/h3-12,18,22,25-27,30H,13-17,19-21H2,1-2H3,(H,32,33)(H,36,37)/t26-,27+,30+/m0/s1. The molecule has 5 rings (SSSR count). The fourth-order valence-electron chi connectivity index (χ4n) is 6.48. The lowest BCUT2D eigenvalue weighted by atomic mass is 9.87. The number of carbonyl (C=O) groups is 1. The number of piperidine rings is 1. The van der Waals surface area contributed by atoms with Crippen molar-refractivity contribution in [3.05, 3.63) is 89.5 Å². The molecule has 0 radical (unpaired) electrons. The first-order chi connectivity index (χ1) is 18.0. The quantitative estimate of drug-likeness (QED) is 0.432. The molecule has 0 unspecified atom stereocenters. The molecule has 37 heavy (non-hydrogen) atoms. The summed E-state index contributed by atoms with van der Waals surface area (Å²) >= 11 is 0. The van der Waals surface area contributed by atoms with Gasteiger partial charge in [-0.25, -0.2) is 4.98 Å². The number of likely N-dealkylation sites (tertiary alicyclic amines) is 2. The molecular weight excluding hydrogens is 460 g/mol. The van der Waals surface area contributed by atoms with Crippen LogP contribution in [0.15, 0.2) is 66.9 Å². The minimum atomic E-state index is -0.700. The van der Waals surface area contributed by atoms with Crippen LogP contribution in [0, 0.1) is 11.8 Å². The maximum absolute atomic E-state index is 12.1. The second-order valence-corrected chi connectivity index (χ2v) is 11.3. The van der Waals surface area contributed by atoms with E-state index in [1.165, 1.54) is 16.8 Å². The van der Waals surface area contributed by atoms with Crippen LogP contribution in [0.1, 0.15) is 61.2 Å². The predicted octanol–water partition coefficient (Wildman–Crippen LogP) is 5.00. The van der Waals surface area contributed by atoms with Crippen LogP contribution in [0.5, 0.6) is 0 Å². The van der Waals surface area contributed by atoms with Crippen molar-refractivity contribution in [1.82, 2.24) is 19.8 Å². The normalized spacial score (nSPS) is 22.5. The number of H-pyrrole nitrogens is 1. The van der Waals surface area contributed by atoms with Crippen LogP contribution in [0.2, 0.25) is 0 Å². The smallest absolute Gasteiger partial charge is 0.321 e. The third-order valence-electron chi connectivity index (χ3n) is 8.36. The van der Waals surface area contributed by atoms with E-state index in [1.54, 1.807) is 0 Å². The number of aromatic nitrogens is 2. The van der Waals surface area contributed by atoms with Gasteiger partial charge in [-0.15, -0.1) is 0 Å². The molecule has 0 saturated carbocycles. The van der Waals surface area contributed by atoms with Gasteiger partial charge < -0.3 is 15.0 Å². The molecule has 0 spiro atoms. The van der Waals surface area contributed by atoms with Crippen LogP contribution in [0.3, 0.4) is 0 Å². The summed E-state index contributed by atoms with van der Waals surface area (Å²) in [6.45, 7) is 8.88. The molecule has 2 N–H and O–H groups in total. The summed E-state index contributed by atoms with van der Waals surface area (Å²) < 4.78 is 0. The average Bonchev–Trinajstić information content (AvgIpc) is 3.53. The molecule has 0 bridgehead atoms. The van der Waals surface area contributed by atoms with Crippen molar-refractivity contribution in [1.29, 1.82) is 0 Å². The number of carboxylic acids is 1. The molecule has 196 valence electrons. The number of hydrogen-bond donors (Lipinski definition) is 2. The van der Waals surface area contributed by atoms with Gasteiger partial charge in [-0.1, -0.05) is 74.5 Å². The number of rotatable bonds is 9. The molecule has 2 fully saturated rings. The topological polar surface area (TPSA) is 72.5 Å². The van der Waals surface area contributed by atoms with Gasteiger partial charge in [0.05, 0.1) is 0 Å². The summed E-state index contributed by atoms with van der Waals surface area (Å²) in [5.41, 5.74) is 3.88. The van der Waals surface area contributed by atoms with Gasteiger partial charge in [-0.3, -0.25) is 9.69 Å². The molecule has 2 aliphatic rings. The maximum atomic E-state index is 12.1. The van der Waals surface area contributed by atoms with Crippen LogP contribution >= 0.6 is 0 Å². The van der Waals surface area contributed by atoms with E-state index in [2.05, 4.69) is 74.4 Å². The zero-order valence-electron chi connectivity index (χ0n) is 22.1. The molecule has 1 aromatic heterocycles. The highest BCUT2D eigenvalue weighted by atomic mass is 16.4.